The van der Waals surface area contributed by atoms with Gasteiger partial charge < -0.3 is 0 Å². The predicted molar refractivity (Wildman–Crippen MR) is 132 cm³/mol. The summed E-state index contributed by atoms with van der Waals surface area (Å²) in [7, 11) is 0. The fourth-order valence-electron chi connectivity index (χ4n) is 4.38. The van der Waals surface area contributed by atoms with E-state index in [4.69, 9.17) is 0 Å². The van der Waals surface area contributed by atoms with E-state index >= 15 is 0 Å². The summed E-state index contributed by atoms with van der Waals surface area (Å²) in [6.07, 6.45) is 0. The van der Waals surface area contributed by atoms with Crippen LogP contribution < -0.4 is 3.11 Å². The van der Waals surface area contributed by atoms with Crippen LogP contribution in [0.3, 0.4) is 0 Å². The number of benzene rings is 4. The van der Waals surface area contributed by atoms with Gasteiger partial charge in [0, 0.05) is 5.41 Å². The lowest BCUT2D eigenvalue weighted by Gasteiger charge is -2.24. The van der Waals surface area contributed by atoms with Gasteiger partial charge in [0.2, 0.25) is 0 Å². The second kappa shape index (κ2) is 7.03. The molecule has 29 heavy (non-hydrogen) atoms. The van der Waals surface area contributed by atoms with Crippen LogP contribution in [0.5, 0.6) is 0 Å². The minimum atomic E-state index is 0.0244. The van der Waals surface area contributed by atoms with E-state index in [2.05, 4.69) is 137 Å². The molecule has 5 rings (SSSR count). The van der Waals surface area contributed by atoms with Crippen molar-refractivity contribution in [2.75, 3.05) is 3.11 Å². The van der Waals surface area contributed by atoms with Crippen molar-refractivity contribution >= 4 is 34.2 Å². The minimum absolute atomic E-state index is 0.0244. The lowest BCUT2D eigenvalue weighted by Crippen LogP contribution is -2.15. The zero-order valence-electron chi connectivity index (χ0n) is 16.6. The van der Waals surface area contributed by atoms with E-state index in [1.807, 2.05) is 0 Å². The van der Waals surface area contributed by atoms with E-state index < -0.39 is 0 Å². The third-order valence-corrected chi connectivity index (χ3v) is 7.11. The first-order chi connectivity index (χ1) is 14.1. The summed E-state index contributed by atoms with van der Waals surface area (Å²) in [4.78, 5) is 0. The third-order valence-electron chi connectivity index (χ3n) is 5.99. The van der Waals surface area contributed by atoms with E-state index in [0.717, 1.165) is 0 Å². The highest BCUT2D eigenvalue weighted by molar-refractivity contribution is 14.1. The SMILES string of the molecule is CC1(C)c2ccccc2-c2ccc(N(I)c3ccc(-c4ccccc4)cc3)cc21. The quantitative estimate of drug-likeness (QED) is 0.208. The number of hydrogen-bond acceptors (Lipinski definition) is 1. The molecular weight excluding hydrogens is 465 g/mol. The molecule has 0 fully saturated rings. The van der Waals surface area contributed by atoms with E-state index in [0.29, 0.717) is 0 Å². The van der Waals surface area contributed by atoms with E-state index in [1.54, 1.807) is 0 Å². The fraction of sp³-hybridized carbons (Fsp3) is 0.111. The van der Waals surface area contributed by atoms with Gasteiger partial charge in [0.25, 0.3) is 0 Å². The average molecular weight is 487 g/mol. The Balaban J connectivity index is 1.49. The van der Waals surface area contributed by atoms with E-state index in [-0.39, 0.29) is 5.41 Å². The fourth-order valence-corrected chi connectivity index (χ4v) is 5.00. The summed E-state index contributed by atoms with van der Waals surface area (Å²) in [6.45, 7) is 4.65. The summed E-state index contributed by atoms with van der Waals surface area (Å²) in [5.41, 5.74) is 10.4. The minimum Gasteiger partial charge on any atom is -0.283 e. The molecular formula is C27H22IN. The maximum atomic E-state index is 2.41. The summed E-state index contributed by atoms with van der Waals surface area (Å²) in [6, 6.07) is 35.0. The summed E-state index contributed by atoms with van der Waals surface area (Å²) in [5, 5.41) is 0. The lowest BCUT2D eigenvalue weighted by molar-refractivity contribution is 0.660. The smallest absolute Gasteiger partial charge is 0.0646 e. The van der Waals surface area contributed by atoms with Gasteiger partial charge in [-0.05, 0) is 57.6 Å². The molecule has 0 heterocycles. The van der Waals surface area contributed by atoms with Crippen molar-refractivity contribution in [2.45, 2.75) is 19.3 Å². The molecule has 1 aliphatic rings. The lowest BCUT2D eigenvalue weighted by atomic mass is 9.82. The molecule has 0 saturated heterocycles. The largest absolute Gasteiger partial charge is 0.283 e. The Morgan fingerprint density at radius 3 is 1.93 bits per heavy atom. The average Bonchev–Trinajstić information content (AvgIpc) is 3.01. The van der Waals surface area contributed by atoms with Gasteiger partial charge in [-0.1, -0.05) is 86.6 Å². The Kier molecular flexibility index (Phi) is 4.47. The molecule has 0 aliphatic heterocycles. The van der Waals surface area contributed by atoms with E-state index in [9.17, 15) is 0 Å². The van der Waals surface area contributed by atoms with Gasteiger partial charge in [0.15, 0.2) is 0 Å². The maximum Gasteiger partial charge on any atom is 0.0646 e. The van der Waals surface area contributed by atoms with Gasteiger partial charge in [-0.25, -0.2) is 0 Å². The van der Waals surface area contributed by atoms with Crippen molar-refractivity contribution in [1.29, 1.82) is 0 Å². The number of anilines is 2. The second-order valence-corrected chi connectivity index (χ2v) is 9.06. The van der Waals surface area contributed by atoms with Gasteiger partial charge in [0.05, 0.1) is 34.2 Å². The highest BCUT2D eigenvalue weighted by Crippen LogP contribution is 2.50. The van der Waals surface area contributed by atoms with Crippen LogP contribution in [0.15, 0.2) is 97.1 Å². The first kappa shape index (κ1) is 18.4. The predicted octanol–water partition coefficient (Wildman–Crippen LogP) is 8.15. The Morgan fingerprint density at radius 2 is 1.17 bits per heavy atom. The summed E-state index contributed by atoms with van der Waals surface area (Å²) < 4.78 is 2.24. The second-order valence-electron chi connectivity index (χ2n) is 8.09. The van der Waals surface area contributed by atoms with Crippen LogP contribution in [0.4, 0.5) is 11.4 Å². The Labute approximate surface area is 186 Å². The van der Waals surface area contributed by atoms with Crippen molar-refractivity contribution in [1.82, 2.24) is 0 Å². The molecule has 0 bridgehead atoms. The molecule has 0 spiro atoms. The molecule has 0 aromatic heterocycles. The molecule has 142 valence electrons. The first-order valence-electron chi connectivity index (χ1n) is 9.91. The van der Waals surface area contributed by atoms with Gasteiger partial charge in [-0.3, -0.25) is 3.11 Å². The van der Waals surface area contributed by atoms with Crippen LogP contribution in [-0.2, 0) is 5.41 Å². The van der Waals surface area contributed by atoms with Crippen molar-refractivity contribution < 1.29 is 0 Å². The number of halogens is 1. The number of nitrogens with zero attached hydrogens (tertiary/aromatic N) is 1. The highest BCUT2D eigenvalue weighted by Gasteiger charge is 2.35. The van der Waals surface area contributed by atoms with Crippen molar-refractivity contribution in [2.24, 2.45) is 0 Å². The van der Waals surface area contributed by atoms with Crippen molar-refractivity contribution in [3.63, 3.8) is 0 Å². The van der Waals surface area contributed by atoms with Gasteiger partial charge in [0.1, 0.15) is 0 Å². The van der Waals surface area contributed by atoms with Crippen LogP contribution in [0.25, 0.3) is 22.3 Å². The van der Waals surface area contributed by atoms with Gasteiger partial charge >= 0.3 is 0 Å². The van der Waals surface area contributed by atoms with Crippen LogP contribution in [0.1, 0.15) is 25.0 Å². The molecule has 0 saturated carbocycles. The Bertz CT molecular complexity index is 1180. The maximum absolute atomic E-state index is 2.41. The Morgan fingerprint density at radius 1 is 0.586 bits per heavy atom. The monoisotopic (exact) mass is 487 g/mol. The number of rotatable bonds is 3. The Hall–Kier alpha value is -2.59. The molecule has 0 amide bonds. The molecule has 0 N–H and O–H groups in total. The molecule has 0 atom stereocenters. The molecule has 0 unspecified atom stereocenters. The summed E-state index contributed by atoms with van der Waals surface area (Å²) in [5.74, 6) is 0. The van der Waals surface area contributed by atoms with Gasteiger partial charge in [-0.2, -0.15) is 0 Å². The zero-order valence-corrected chi connectivity index (χ0v) is 18.7. The van der Waals surface area contributed by atoms with Crippen LogP contribution in [-0.4, -0.2) is 0 Å². The zero-order chi connectivity index (χ0) is 20.0. The molecule has 2 heteroatoms. The molecule has 1 aliphatic carbocycles. The van der Waals surface area contributed by atoms with E-state index in [1.165, 1.54) is 44.8 Å². The van der Waals surface area contributed by atoms with Crippen molar-refractivity contribution in [3.8, 4) is 22.3 Å². The van der Waals surface area contributed by atoms with Crippen LogP contribution in [0.2, 0.25) is 0 Å². The normalized spacial score (nSPS) is 13.6. The van der Waals surface area contributed by atoms with Crippen LogP contribution >= 0.6 is 22.9 Å². The topological polar surface area (TPSA) is 3.24 Å². The van der Waals surface area contributed by atoms with Crippen LogP contribution in [0, 0.1) is 0 Å². The molecule has 4 aromatic carbocycles. The molecule has 4 aromatic rings. The van der Waals surface area contributed by atoms with Gasteiger partial charge in [-0.15, -0.1) is 0 Å². The molecule has 0 radical (unpaired) electrons. The van der Waals surface area contributed by atoms with Crippen molar-refractivity contribution in [3.05, 3.63) is 108 Å². The third kappa shape index (κ3) is 3.06. The standard InChI is InChI=1S/C27H22IN/c1-27(2)25-11-7-6-10-23(25)24-17-16-22(18-26(24)27)29(28)21-14-12-20(13-15-21)19-8-4-3-5-9-19/h3-18H,1-2H3. The highest BCUT2D eigenvalue weighted by atomic mass is 127. The summed E-state index contributed by atoms with van der Waals surface area (Å²) >= 11 is 2.41. The first-order valence-corrected chi connectivity index (χ1v) is 10.9. The number of hydrogen-bond donors (Lipinski definition) is 0. The number of fused-ring (bicyclic) bond motifs is 3. The molecule has 1 nitrogen and oxygen atoms in total.